The van der Waals surface area contributed by atoms with Crippen LogP contribution in [0.15, 0.2) is 16.7 Å². The molecule has 17 heavy (non-hydrogen) atoms. The number of halogens is 4. The summed E-state index contributed by atoms with van der Waals surface area (Å²) in [5.41, 5.74) is -1.30. The number of hydrogen-bond donors (Lipinski definition) is 0. The van der Waals surface area contributed by atoms with Crippen LogP contribution in [0.3, 0.4) is 0 Å². The lowest BCUT2D eigenvalue weighted by Gasteiger charge is -2.14. The van der Waals surface area contributed by atoms with Crippen molar-refractivity contribution in [1.82, 2.24) is 10.0 Å². The lowest BCUT2D eigenvalue weighted by atomic mass is 10.2. The molecule has 4 nitrogen and oxygen atoms in total. The molecule has 0 saturated carbocycles. The summed E-state index contributed by atoms with van der Waals surface area (Å²) in [6, 6.07) is 1.86. The Morgan fingerprint density at radius 2 is 2.06 bits per heavy atom. The van der Waals surface area contributed by atoms with Gasteiger partial charge >= 0.3 is 6.18 Å². The van der Waals surface area contributed by atoms with E-state index < -0.39 is 17.8 Å². The summed E-state index contributed by atoms with van der Waals surface area (Å²) in [6.45, 7) is 0. The number of aromatic nitrogens is 1. The summed E-state index contributed by atoms with van der Waals surface area (Å²) >= 11 is 2.82. The van der Waals surface area contributed by atoms with E-state index in [1.165, 1.54) is 20.2 Å². The number of alkyl halides is 3. The molecule has 0 saturated heterocycles. The maximum atomic E-state index is 12.5. The van der Waals surface area contributed by atoms with Gasteiger partial charge in [-0.1, -0.05) is 0 Å². The number of hydrogen-bond acceptors (Lipinski definition) is 3. The molecule has 1 aromatic rings. The van der Waals surface area contributed by atoms with Crippen molar-refractivity contribution in [2.75, 3.05) is 14.2 Å². The SMILES string of the molecule is CON(C)C(=O)c1cc(Br)nc(C(F)(F)F)c1. The normalized spacial score (nSPS) is 11.4. The van der Waals surface area contributed by atoms with Crippen molar-refractivity contribution in [2.24, 2.45) is 0 Å². The van der Waals surface area contributed by atoms with Crippen molar-refractivity contribution in [2.45, 2.75) is 6.18 Å². The number of carbonyl (C=O) groups is 1. The van der Waals surface area contributed by atoms with Gasteiger partial charge in [-0.3, -0.25) is 9.63 Å². The Hall–Kier alpha value is -1.15. The maximum absolute atomic E-state index is 12.5. The smallest absolute Gasteiger partial charge is 0.274 e. The monoisotopic (exact) mass is 312 g/mol. The Labute approximate surface area is 103 Å². The molecular formula is C9H8BrF3N2O2. The molecule has 0 fully saturated rings. The summed E-state index contributed by atoms with van der Waals surface area (Å²) in [7, 11) is 2.53. The fourth-order valence-electron chi connectivity index (χ4n) is 1.03. The fourth-order valence-corrected chi connectivity index (χ4v) is 1.47. The lowest BCUT2D eigenvalue weighted by Crippen LogP contribution is -2.26. The Balaban J connectivity index is 3.19. The van der Waals surface area contributed by atoms with Crippen molar-refractivity contribution >= 4 is 21.8 Å². The molecule has 0 radical (unpaired) electrons. The molecule has 1 amide bonds. The molecule has 94 valence electrons. The van der Waals surface area contributed by atoms with Gasteiger partial charge in [0.25, 0.3) is 5.91 Å². The van der Waals surface area contributed by atoms with Crippen molar-refractivity contribution in [3.63, 3.8) is 0 Å². The number of amides is 1. The van der Waals surface area contributed by atoms with Gasteiger partial charge in [0.2, 0.25) is 0 Å². The van der Waals surface area contributed by atoms with Crippen LogP contribution in [0.4, 0.5) is 13.2 Å². The summed E-state index contributed by atoms with van der Waals surface area (Å²) in [4.78, 5) is 19.4. The molecule has 8 heteroatoms. The molecule has 1 rings (SSSR count). The third kappa shape index (κ3) is 3.40. The minimum Gasteiger partial charge on any atom is -0.274 e. The van der Waals surface area contributed by atoms with Gasteiger partial charge < -0.3 is 0 Å². The molecule has 0 aliphatic carbocycles. The van der Waals surface area contributed by atoms with Crippen LogP contribution in [-0.4, -0.2) is 30.1 Å². The van der Waals surface area contributed by atoms with Crippen molar-refractivity contribution in [3.8, 4) is 0 Å². The molecule has 0 aromatic carbocycles. The van der Waals surface area contributed by atoms with E-state index in [1.807, 2.05) is 0 Å². The van der Waals surface area contributed by atoms with Crippen LogP contribution in [0.2, 0.25) is 0 Å². The molecule has 1 heterocycles. The average molecular weight is 313 g/mol. The predicted molar refractivity (Wildman–Crippen MR) is 56.0 cm³/mol. The van der Waals surface area contributed by atoms with Crippen LogP contribution in [0, 0.1) is 0 Å². The van der Waals surface area contributed by atoms with E-state index in [2.05, 4.69) is 25.8 Å². The zero-order valence-corrected chi connectivity index (χ0v) is 10.5. The van der Waals surface area contributed by atoms with Gasteiger partial charge in [-0.15, -0.1) is 0 Å². The van der Waals surface area contributed by atoms with E-state index in [9.17, 15) is 18.0 Å². The highest BCUT2D eigenvalue weighted by Crippen LogP contribution is 2.29. The van der Waals surface area contributed by atoms with E-state index in [1.54, 1.807) is 0 Å². The summed E-state index contributed by atoms with van der Waals surface area (Å²) in [5, 5.41) is 0.821. The molecule has 0 N–H and O–H groups in total. The number of carbonyl (C=O) groups excluding carboxylic acids is 1. The average Bonchev–Trinajstić information content (AvgIpc) is 2.25. The Kier molecular flexibility index (Phi) is 4.10. The number of hydroxylamine groups is 2. The maximum Gasteiger partial charge on any atom is 0.433 e. The van der Waals surface area contributed by atoms with Crippen LogP contribution >= 0.6 is 15.9 Å². The van der Waals surface area contributed by atoms with Crippen LogP contribution < -0.4 is 0 Å². The predicted octanol–water partition coefficient (Wildman–Crippen LogP) is 2.50. The Bertz CT molecular complexity index is 437. The van der Waals surface area contributed by atoms with Crippen LogP contribution in [0.25, 0.3) is 0 Å². The summed E-state index contributed by atoms with van der Waals surface area (Å²) in [5.74, 6) is -0.693. The van der Waals surface area contributed by atoms with Crippen LogP contribution in [0.1, 0.15) is 16.1 Å². The Morgan fingerprint density at radius 1 is 1.47 bits per heavy atom. The number of pyridine rings is 1. The van der Waals surface area contributed by atoms with E-state index >= 15 is 0 Å². The first-order chi connectivity index (χ1) is 7.75. The largest absolute Gasteiger partial charge is 0.433 e. The lowest BCUT2D eigenvalue weighted by molar-refractivity contribution is -0.141. The standard InChI is InChI=1S/C9H8BrF3N2O2/c1-15(17-2)8(16)5-3-6(9(11,12)13)14-7(10)4-5/h3-4H,1-2H3. The van der Waals surface area contributed by atoms with Gasteiger partial charge in [0.05, 0.1) is 7.11 Å². The zero-order valence-electron chi connectivity index (χ0n) is 8.88. The number of rotatable bonds is 2. The first kappa shape index (κ1) is 13.9. The highest BCUT2D eigenvalue weighted by molar-refractivity contribution is 9.10. The molecule has 0 bridgehead atoms. The number of nitrogens with zero attached hydrogens (tertiary/aromatic N) is 2. The topological polar surface area (TPSA) is 42.4 Å². The second-order valence-corrected chi connectivity index (χ2v) is 3.86. The van der Waals surface area contributed by atoms with Gasteiger partial charge in [0.1, 0.15) is 10.3 Å². The molecule has 0 aliphatic heterocycles. The summed E-state index contributed by atoms with van der Waals surface area (Å²) in [6.07, 6.45) is -4.61. The fraction of sp³-hybridized carbons (Fsp3) is 0.333. The van der Waals surface area contributed by atoms with E-state index in [4.69, 9.17) is 0 Å². The molecular weight excluding hydrogens is 305 g/mol. The first-order valence-corrected chi connectivity index (χ1v) is 5.12. The molecule has 0 aliphatic rings. The molecule has 1 aromatic heterocycles. The second-order valence-electron chi connectivity index (χ2n) is 3.05. The van der Waals surface area contributed by atoms with Gasteiger partial charge in [-0.25, -0.2) is 10.0 Å². The summed E-state index contributed by atoms with van der Waals surface area (Å²) < 4.78 is 37.3. The quantitative estimate of drug-likeness (QED) is 0.622. The van der Waals surface area contributed by atoms with Gasteiger partial charge in [-0.2, -0.15) is 13.2 Å². The van der Waals surface area contributed by atoms with E-state index in [-0.39, 0.29) is 10.2 Å². The highest BCUT2D eigenvalue weighted by atomic mass is 79.9. The van der Waals surface area contributed by atoms with Crippen LogP contribution in [-0.2, 0) is 11.0 Å². The highest BCUT2D eigenvalue weighted by Gasteiger charge is 2.33. The molecule has 0 atom stereocenters. The van der Waals surface area contributed by atoms with Crippen molar-refractivity contribution < 1.29 is 22.8 Å². The minimum absolute atomic E-state index is 0.0693. The zero-order chi connectivity index (χ0) is 13.2. The third-order valence-corrected chi connectivity index (χ3v) is 2.30. The minimum atomic E-state index is -4.61. The van der Waals surface area contributed by atoms with Crippen molar-refractivity contribution in [1.29, 1.82) is 0 Å². The Morgan fingerprint density at radius 3 is 2.53 bits per heavy atom. The van der Waals surface area contributed by atoms with Crippen LogP contribution in [0.5, 0.6) is 0 Å². The second kappa shape index (κ2) is 5.01. The van der Waals surface area contributed by atoms with Gasteiger partial charge in [-0.05, 0) is 28.1 Å². The van der Waals surface area contributed by atoms with Gasteiger partial charge in [0.15, 0.2) is 0 Å². The molecule has 0 unspecified atom stereocenters. The third-order valence-electron chi connectivity index (χ3n) is 1.89. The van der Waals surface area contributed by atoms with Crippen molar-refractivity contribution in [3.05, 3.63) is 28.0 Å². The first-order valence-electron chi connectivity index (χ1n) is 4.32. The van der Waals surface area contributed by atoms with E-state index in [0.29, 0.717) is 6.07 Å². The van der Waals surface area contributed by atoms with E-state index in [0.717, 1.165) is 5.06 Å². The van der Waals surface area contributed by atoms with Gasteiger partial charge in [0, 0.05) is 12.6 Å². The molecule has 0 spiro atoms.